The number of H-pyrrole nitrogens is 1. The van der Waals surface area contributed by atoms with Crippen LogP contribution in [0.15, 0.2) is 72.9 Å². The molecule has 0 radical (unpaired) electrons. The minimum absolute atomic E-state index is 0.201. The van der Waals surface area contributed by atoms with E-state index in [2.05, 4.69) is 9.71 Å². The van der Waals surface area contributed by atoms with Gasteiger partial charge >= 0.3 is 5.97 Å². The van der Waals surface area contributed by atoms with E-state index < -0.39 is 22.0 Å². The molecule has 0 aliphatic carbocycles. The van der Waals surface area contributed by atoms with Crippen molar-refractivity contribution < 1.29 is 17.9 Å². The Morgan fingerprint density at radius 1 is 1.07 bits per heavy atom. The predicted molar refractivity (Wildman–Crippen MR) is 104 cm³/mol. The molecule has 0 aliphatic rings. The number of aromatic amines is 1. The van der Waals surface area contributed by atoms with E-state index in [9.17, 15) is 13.2 Å². The molecule has 2 N–H and O–H groups in total. The third-order valence-electron chi connectivity index (χ3n) is 3.87. The van der Waals surface area contributed by atoms with E-state index in [1.54, 1.807) is 36.5 Å². The molecule has 0 spiro atoms. The molecule has 1 aromatic heterocycles. The maximum absolute atomic E-state index is 12.2. The number of carbonyl (C=O) groups is 1. The zero-order chi connectivity index (χ0) is 19.3. The fourth-order valence-electron chi connectivity index (χ4n) is 2.58. The van der Waals surface area contributed by atoms with Gasteiger partial charge in [0.25, 0.3) is 0 Å². The van der Waals surface area contributed by atoms with Crippen LogP contribution in [0.1, 0.15) is 12.5 Å². The average Bonchev–Trinajstić information content (AvgIpc) is 3.11. The van der Waals surface area contributed by atoms with Crippen LogP contribution < -0.4 is 9.46 Å². The first kappa shape index (κ1) is 18.9. The number of aromatic nitrogens is 1. The Bertz CT molecular complexity index is 999. The largest absolute Gasteiger partial charge is 0.424 e. The summed E-state index contributed by atoms with van der Waals surface area (Å²) in [5, 5.41) is 0. The van der Waals surface area contributed by atoms with Crippen LogP contribution in [0.3, 0.4) is 0 Å². The third kappa shape index (κ3) is 5.29. The molecule has 0 saturated heterocycles. The number of sulfonamides is 1. The fraction of sp³-hybridized carbons (Fsp3) is 0.150. The lowest BCUT2D eigenvalue weighted by molar-refractivity contribution is -0.135. The number of esters is 1. The second kappa shape index (κ2) is 8.20. The first-order valence-electron chi connectivity index (χ1n) is 8.42. The molecule has 1 atom stereocenters. The molecule has 0 aliphatic heterocycles. The van der Waals surface area contributed by atoms with Crippen LogP contribution in [0, 0.1) is 0 Å². The summed E-state index contributed by atoms with van der Waals surface area (Å²) in [6, 6.07) is 19.0. The van der Waals surface area contributed by atoms with Gasteiger partial charge in [-0.1, -0.05) is 60.7 Å². The highest BCUT2D eigenvalue weighted by Gasteiger charge is 2.22. The van der Waals surface area contributed by atoms with Crippen molar-refractivity contribution in [3.8, 4) is 17.0 Å². The molecule has 2 aromatic carbocycles. The van der Waals surface area contributed by atoms with Crippen LogP contribution >= 0.6 is 0 Å². The molecule has 0 unspecified atom stereocenters. The van der Waals surface area contributed by atoms with Crippen molar-refractivity contribution in [3.05, 3.63) is 78.5 Å². The monoisotopic (exact) mass is 384 g/mol. The van der Waals surface area contributed by atoms with Crippen molar-refractivity contribution in [2.45, 2.75) is 18.7 Å². The molecule has 3 rings (SSSR count). The molecule has 140 valence electrons. The fourth-order valence-corrected chi connectivity index (χ4v) is 3.92. The van der Waals surface area contributed by atoms with Crippen LogP contribution in [-0.4, -0.2) is 25.4 Å². The van der Waals surface area contributed by atoms with Crippen molar-refractivity contribution in [2.24, 2.45) is 0 Å². The summed E-state index contributed by atoms with van der Waals surface area (Å²) in [7, 11) is -3.67. The Morgan fingerprint density at radius 3 is 2.37 bits per heavy atom. The topological polar surface area (TPSA) is 88.3 Å². The van der Waals surface area contributed by atoms with Crippen LogP contribution in [-0.2, 0) is 20.6 Å². The third-order valence-corrected chi connectivity index (χ3v) is 5.30. The zero-order valence-electron chi connectivity index (χ0n) is 14.8. The molecule has 0 fully saturated rings. The van der Waals surface area contributed by atoms with Gasteiger partial charge in [0, 0.05) is 18.0 Å². The Morgan fingerprint density at radius 2 is 1.70 bits per heavy atom. The Balaban J connectivity index is 1.60. The van der Waals surface area contributed by atoms with Gasteiger partial charge in [-0.3, -0.25) is 0 Å². The molecule has 0 bridgehead atoms. The summed E-state index contributed by atoms with van der Waals surface area (Å²) in [6.07, 6.45) is 1.56. The standard InChI is InChI=1S/C20H20N2O4S/c1-15(22-27(24,25)14-16-8-4-2-5-9-16)20(23)26-18-12-19(21-13-18)17-10-6-3-7-11-17/h2-13,15,21-22H,14H2,1H3/t15-/m0/s1. The van der Waals surface area contributed by atoms with Gasteiger partial charge in [0.1, 0.15) is 11.8 Å². The average molecular weight is 384 g/mol. The smallest absolute Gasteiger partial charge is 0.329 e. The van der Waals surface area contributed by atoms with E-state index in [4.69, 9.17) is 4.74 Å². The first-order valence-corrected chi connectivity index (χ1v) is 10.1. The van der Waals surface area contributed by atoms with Crippen LogP contribution in [0.4, 0.5) is 0 Å². The molecule has 3 aromatic rings. The summed E-state index contributed by atoms with van der Waals surface area (Å²) < 4.78 is 32.1. The van der Waals surface area contributed by atoms with Crippen molar-refractivity contribution in [1.82, 2.24) is 9.71 Å². The van der Waals surface area contributed by atoms with Gasteiger partial charge in [0.15, 0.2) is 0 Å². The number of rotatable bonds is 7. The Hall–Kier alpha value is -2.90. The van der Waals surface area contributed by atoms with Crippen LogP contribution in [0.2, 0.25) is 0 Å². The van der Waals surface area contributed by atoms with Crippen molar-refractivity contribution in [1.29, 1.82) is 0 Å². The van der Waals surface area contributed by atoms with Crippen molar-refractivity contribution in [3.63, 3.8) is 0 Å². The second-order valence-electron chi connectivity index (χ2n) is 6.12. The lowest BCUT2D eigenvalue weighted by Gasteiger charge is -2.13. The molecule has 0 amide bonds. The molecule has 1 heterocycles. The number of ether oxygens (including phenoxy) is 1. The lowest BCUT2D eigenvalue weighted by Crippen LogP contribution is -2.41. The highest BCUT2D eigenvalue weighted by molar-refractivity contribution is 7.88. The van der Waals surface area contributed by atoms with E-state index in [0.29, 0.717) is 11.3 Å². The van der Waals surface area contributed by atoms with Gasteiger partial charge in [-0.05, 0) is 18.1 Å². The molecular weight excluding hydrogens is 364 g/mol. The van der Waals surface area contributed by atoms with Gasteiger partial charge in [-0.2, -0.15) is 0 Å². The number of hydrogen-bond donors (Lipinski definition) is 2. The van der Waals surface area contributed by atoms with Crippen molar-refractivity contribution >= 4 is 16.0 Å². The van der Waals surface area contributed by atoms with Gasteiger partial charge in [-0.25, -0.2) is 17.9 Å². The van der Waals surface area contributed by atoms with E-state index in [1.807, 2.05) is 36.4 Å². The maximum atomic E-state index is 12.2. The highest BCUT2D eigenvalue weighted by atomic mass is 32.2. The summed E-state index contributed by atoms with van der Waals surface area (Å²) in [5.41, 5.74) is 2.40. The number of carbonyl (C=O) groups excluding carboxylic acids is 1. The Kier molecular flexibility index (Phi) is 5.73. The van der Waals surface area contributed by atoms with Gasteiger partial charge in [-0.15, -0.1) is 0 Å². The molecule has 27 heavy (non-hydrogen) atoms. The number of hydrogen-bond acceptors (Lipinski definition) is 4. The molecule has 0 saturated carbocycles. The minimum atomic E-state index is -3.67. The first-order chi connectivity index (χ1) is 12.9. The van der Waals surface area contributed by atoms with E-state index >= 15 is 0 Å². The van der Waals surface area contributed by atoms with Gasteiger partial charge < -0.3 is 9.72 Å². The normalized spacial score (nSPS) is 12.5. The van der Waals surface area contributed by atoms with E-state index in [-0.39, 0.29) is 5.75 Å². The molecular formula is C20H20N2O4S. The summed E-state index contributed by atoms with van der Waals surface area (Å²) in [4.78, 5) is 15.3. The SMILES string of the molecule is C[C@H](NS(=O)(=O)Cc1ccccc1)C(=O)Oc1c[nH]c(-c2ccccc2)c1. The van der Waals surface area contributed by atoms with Gasteiger partial charge in [0.05, 0.1) is 5.75 Å². The quantitative estimate of drug-likeness (QED) is 0.613. The number of benzene rings is 2. The summed E-state index contributed by atoms with van der Waals surface area (Å²) in [6.45, 7) is 1.45. The summed E-state index contributed by atoms with van der Waals surface area (Å²) in [5.74, 6) is -0.550. The Labute approximate surface area is 158 Å². The zero-order valence-corrected chi connectivity index (χ0v) is 15.6. The highest BCUT2D eigenvalue weighted by Crippen LogP contribution is 2.23. The molecule has 6 nitrogen and oxygen atoms in total. The van der Waals surface area contributed by atoms with Crippen molar-refractivity contribution in [2.75, 3.05) is 0 Å². The minimum Gasteiger partial charge on any atom is -0.424 e. The number of nitrogens with one attached hydrogen (secondary N) is 2. The second-order valence-corrected chi connectivity index (χ2v) is 7.87. The maximum Gasteiger partial charge on any atom is 0.329 e. The van der Waals surface area contributed by atoms with Crippen LogP contribution in [0.5, 0.6) is 5.75 Å². The molecule has 7 heteroatoms. The van der Waals surface area contributed by atoms with E-state index in [1.165, 1.54) is 6.92 Å². The lowest BCUT2D eigenvalue weighted by atomic mass is 10.2. The summed E-state index contributed by atoms with van der Waals surface area (Å²) >= 11 is 0. The van der Waals surface area contributed by atoms with E-state index in [0.717, 1.165) is 11.3 Å². The van der Waals surface area contributed by atoms with Crippen LogP contribution in [0.25, 0.3) is 11.3 Å². The predicted octanol–water partition coefficient (Wildman–Crippen LogP) is 3.10. The van der Waals surface area contributed by atoms with Gasteiger partial charge in [0.2, 0.25) is 10.0 Å².